The van der Waals surface area contributed by atoms with Crippen LogP contribution >= 0.6 is 0 Å². The molecule has 0 aromatic rings. The van der Waals surface area contributed by atoms with Crippen LogP contribution in [0.2, 0.25) is 6.04 Å². The standard InChI is InChI=1S/C16H33NO7Si/c1-6-7-11-17(2)16(20)14(18)13-24-15(19)10-8-9-12-25(21-3,22-4)23-5/h14,18H,6-13H2,1-5H3. The molecule has 9 heteroatoms. The Morgan fingerprint density at radius 3 is 2.20 bits per heavy atom. The average molecular weight is 380 g/mol. The first-order valence-electron chi connectivity index (χ1n) is 8.59. The smallest absolute Gasteiger partial charge is 0.462 e. The summed E-state index contributed by atoms with van der Waals surface area (Å²) in [5.74, 6) is -0.875. The number of unbranched alkanes of at least 4 members (excludes halogenated alkanes) is 2. The Morgan fingerprint density at radius 2 is 1.68 bits per heavy atom. The molecule has 0 aliphatic heterocycles. The number of esters is 1. The van der Waals surface area contributed by atoms with Gasteiger partial charge in [0.15, 0.2) is 6.10 Å². The van der Waals surface area contributed by atoms with Gasteiger partial charge in [-0.05, 0) is 19.3 Å². The highest BCUT2D eigenvalue weighted by atomic mass is 28.4. The molecule has 0 saturated carbocycles. The molecule has 0 aromatic carbocycles. The van der Waals surface area contributed by atoms with Gasteiger partial charge < -0.3 is 28.0 Å². The molecule has 0 bridgehead atoms. The van der Waals surface area contributed by atoms with E-state index in [1.807, 2.05) is 6.92 Å². The van der Waals surface area contributed by atoms with E-state index in [1.165, 1.54) is 4.90 Å². The van der Waals surface area contributed by atoms with Crippen LogP contribution < -0.4 is 0 Å². The SMILES string of the molecule is CCCCN(C)C(=O)C(O)COC(=O)CCCC[Si](OC)(OC)OC. The highest BCUT2D eigenvalue weighted by molar-refractivity contribution is 6.60. The fraction of sp³-hybridized carbons (Fsp3) is 0.875. The second-order valence-corrected chi connectivity index (χ2v) is 8.91. The number of hydrogen-bond donors (Lipinski definition) is 1. The minimum absolute atomic E-state index is 0.203. The first kappa shape index (κ1) is 24.0. The molecular formula is C16H33NO7Si. The lowest BCUT2D eigenvalue weighted by Crippen LogP contribution is -2.42. The summed E-state index contributed by atoms with van der Waals surface area (Å²) >= 11 is 0. The molecule has 0 saturated heterocycles. The lowest BCUT2D eigenvalue weighted by molar-refractivity contribution is -0.152. The van der Waals surface area contributed by atoms with Crippen LogP contribution in [0.3, 0.4) is 0 Å². The summed E-state index contributed by atoms with van der Waals surface area (Å²) in [6, 6.07) is 0.604. The maximum atomic E-state index is 11.9. The van der Waals surface area contributed by atoms with Gasteiger partial charge in [0, 0.05) is 47.4 Å². The van der Waals surface area contributed by atoms with Crippen LogP contribution in [-0.4, -0.2) is 78.3 Å². The Hall–Kier alpha value is -1.00. The van der Waals surface area contributed by atoms with Crippen LogP contribution in [0.25, 0.3) is 0 Å². The van der Waals surface area contributed by atoms with Crippen molar-refractivity contribution < 1.29 is 32.7 Å². The second-order valence-electron chi connectivity index (χ2n) is 5.81. The van der Waals surface area contributed by atoms with Gasteiger partial charge in [-0.25, -0.2) is 0 Å². The number of aliphatic hydroxyl groups is 1. The zero-order chi connectivity index (χ0) is 19.3. The van der Waals surface area contributed by atoms with Crippen LogP contribution in [-0.2, 0) is 27.6 Å². The van der Waals surface area contributed by atoms with E-state index in [0.717, 1.165) is 12.8 Å². The first-order valence-corrected chi connectivity index (χ1v) is 10.5. The average Bonchev–Trinajstić information content (AvgIpc) is 2.64. The second kappa shape index (κ2) is 13.2. The minimum atomic E-state index is -2.61. The Bertz CT molecular complexity index is 382. The van der Waals surface area contributed by atoms with Gasteiger partial charge in [0.1, 0.15) is 6.61 Å². The van der Waals surface area contributed by atoms with Crippen LogP contribution in [0.1, 0.15) is 39.0 Å². The molecule has 0 heterocycles. The summed E-state index contributed by atoms with van der Waals surface area (Å²) in [5.41, 5.74) is 0. The van der Waals surface area contributed by atoms with Crippen LogP contribution in [0.5, 0.6) is 0 Å². The van der Waals surface area contributed by atoms with E-state index in [-0.39, 0.29) is 13.0 Å². The summed E-state index contributed by atoms with van der Waals surface area (Å²) in [7, 11) is 3.65. The number of aliphatic hydroxyl groups excluding tert-OH is 1. The quantitative estimate of drug-likeness (QED) is 0.275. The van der Waals surface area contributed by atoms with Gasteiger partial charge in [0.25, 0.3) is 5.91 Å². The number of hydrogen-bond acceptors (Lipinski definition) is 7. The molecule has 0 radical (unpaired) electrons. The fourth-order valence-corrected chi connectivity index (χ4v) is 4.04. The lowest BCUT2D eigenvalue weighted by Gasteiger charge is -2.24. The van der Waals surface area contributed by atoms with Gasteiger partial charge in [-0.1, -0.05) is 13.3 Å². The Labute approximate surface area is 151 Å². The molecular weight excluding hydrogens is 346 g/mol. The van der Waals surface area contributed by atoms with Gasteiger partial charge in [0.2, 0.25) is 0 Å². The van der Waals surface area contributed by atoms with E-state index in [1.54, 1.807) is 28.4 Å². The van der Waals surface area contributed by atoms with Crippen molar-refractivity contribution in [2.75, 3.05) is 41.5 Å². The van der Waals surface area contributed by atoms with Crippen molar-refractivity contribution in [1.29, 1.82) is 0 Å². The molecule has 0 aliphatic rings. The third-order valence-corrected chi connectivity index (χ3v) is 6.79. The van der Waals surface area contributed by atoms with Gasteiger partial charge in [-0.15, -0.1) is 0 Å². The van der Waals surface area contributed by atoms with Crippen LogP contribution in [0.4, 0.5) is 0 Å². The van der Waals surface area contributed by atoms with Crippen LogP contribution in [0, 0.1) is 0 Å². The number of rotatable bonds is 14. The third kappa shape index (κ3) is 9.31. The molecule has 148 valence electrons. The van der Waals surface area contributed by atoms with Crippen molar-refractivity contribution in [2.45, 2.75) is 51.2 Å². The number of ether oxygens (including phenoxy) is 1. The van der Waals surface area contributed by atoms with Gasteiger partial charge in [-0.2, -0.15) is 0 Å². The molecule has 8 nitrogen and oxygen atoms in total. The van der Waals surface area contributed by atoms with Gasteiger partial charge in [0.05, 0.1) is 0 Å². The predicted molar refractivity (Wildman–Crippen MR) is 94.9 cm³/mol. The lowest BCUT2D eigenvalue weighted by atomic mass is 10.2. The van der Waals surface area contributed by atoms with E-state index in [2.05, 4.69) is 0 Å². The van der Waals surface area contributed by atoms with Crippen molar-refractivity contribution in [3.05, 3.63) is 0 Å². The highest BCUT2D eigenvalue weighted by Gasteiger charge is 2.36. The van der Waals surface area contributed by atoms with E-state index in [0.29, 0.717) is 25.4 Å². The summed E-state index contributed by atoms with van der Waals surface area (Å²) in [5, 5.41) is 9.80. The number of amides is 1. The monoisotopic (exact) mass is 379 g/mol. The van der Waals surface area contributed by atoms with Crippen molar-refractivity contribution in [3.63, 3.8) is 0 Å². The zero-order valence-corrected chi connectivity index (χ0v) is 17.1. The molecule has 0 aromatic heterocycles. The Kier molecular flexibility index (Phi) is 12.7. The maximum Gasteiger partial charge on any atom is 0.500 e. The first-order chi connectivity index (χ1) is 11.9. The normalized spacial score (nSPS) is 12.7. The van der Waals surface area contributed by atoms with E-state index >= 15 is 0 Å². The minimum Gasteiger partial charge on any atom is -0.462 e. The van der Waals surface area contributed by atoms with E-state index < -0.39 is 26.8 Å². The Morgan fingerprint density at radius 1 is 1.08 bits per heavy atom. The third-order valence-electron chi connectivity index (χ3n) is 3.96. The molecule has 1 unspecified atom stereocenters. The Balaban J connectivity index is 4.02. The van der Waals surface area contributed by atoms with E-state index in [9.17, 15) is 14.7 Å². The molecule has 25 heavy (non-hydrogen) atoms. The molecule has 0 fully saturated rings. The summed E-state index contributed by atoms with van der Waals surface area (Å²) in [6.45, 7) is 2.28. The van der Waals surface area contributed by atoms with Gasteiger partial charge in [-0.3, -0.25) is 9.59 Å². The van der Waals surface area contributed by atoms with Crippen molar-refractivity contribution in [2.24, 2.45) is 0 Å². The number of carbonyl (C=O) groups is 2. The van der Waals surface area contributed by atoms with E-state index in [4.69, 9.17) is 18.0 Å². The highest BCUT2D eigenvalue weighted by Crippen LogP contribution is 2.17. The molecule has 1 atom stereocenters. The number of likely N-dealkylation sites (N-methyl/N-ethyl adjacent to an activating group) is 1. The van der Waals surface area contributed by atoms with Crippen molar-refractivity contribution >= 4 is 20.7 Å². The molecule has 1 amide bonds. The molecule has 0 spiro atoms. The van der Waals surface area contributed by atoms with Crippen molar-refractivity contribution in [3.8, 4) is 0 Å². The summed E-state index contributed by atoms with van der Waals surface area (Å²) in [4.78, 5) is 25.0. The zero-order valence-electron chi connectivity index (χ0n) is 16.1. The largest absolute Gasteiger partial charge is 0.500 e. The van der Waals surface area contributed by atoms with Crippen molar-refractivity contribution in [1.82, 2.24) is 4.90 Å². The molecule has 1 N–H and O–H groups in total. The van der Waals surface area contributed by atoms with Crippen LogP contribution in [0.15, 0.2) is 0 Å². The fourth-order valence-electron chi connectivity index (χ4n) is 2.24. The maximum absolute atomic E-state index is 11.9. The number of nitrogens with zero attached hydrogens (tertiary/aromatic N) is 1. The molecule has 0 aliphatic carbocycles. The molecule has 0 rings (SSSR count). The summed E-state index contributed by atoms with van der Waals surface area (Å²) in [6.07, 6.45) is 1.99. The van der Waals surface area contributed by atoms with Gasteiger partial charge >= 0.3 is 14.8 Å². The predicted octanol–water partition coefficient (Wildman–Crippen LogP) is 1.20. The summed E-state index contributed by atoms with van der Waals surface area (Å²) < 4.78 is 20.9. The number of carbonyl (C=O) groups excluding carboxylic acids is 2. The topological polar surface area (TPSA) is 94.5 Å².